The Morgan fingerprint density at radius 2 is 1.80 bits per heavy atom. The van der Waals surface area contributed by atoms with Crippen LogP contribution in [0.1, 0.15) is 43.5 Å². The number of amides is 1. The van der Waals surface area contributed by atoms with E-state index in [1.54, 1.807) is 30.3 Å². The van der Waals surface area contributed by atoms with Crippen molar-refractivity contribution in [1.82, 2.24) is 5.32 Å². The molecule has 1 fully saturated rings. The lowest BCUT2D eigenvalue weighted by atomic mass is 9.98. The second kappa shape index (κ2) is 9.37. The number of halogens is 1. The number of benzene rings is 2. The average Bonchev–Trinajstić information content (AvgIpc) is 2.74. The largest absolute Gasteiger partial charge is 0.572 e. The summed E-state index contributed by atoms with van der Waals surface area (Å²) in [7, 11) is -4.00. The van der Waals surface area contributed by atoms with Crippen LogP contribution in [0.4, 0.5) is 5.69 Å². The first-order chi connectivity index (χ1) is 14.2. The van der Waals surface area contributed by atoms with E-state index in [0.717, 1.165) is 13.1 Å². The molecule has 1 aliphatic rings. The normalized spacial score (nSPS) is 15.6. The molecule has 162 valence electrons. The minimum atomic E-state index is -4.00. The fourth-order valence-electron chi connectivity index (χ4n) is 3.69. The van der Waals surface area contributed by atoms with E-state index >= 15 is 0 Å². The molecule has 0 aromatic heterocycles. The fraction of sp³-hybridized carbons (Fsp3) is 0.409. The molecule has 0 unspecified atom stereocenters. The summed E-state index contributed by atoms with van der Waals surface area (Å²) in [6, 6.07) is 12.4. The lowest BCUT2D eigenvalue weighted by molar-refractivity contribution is -0.951. The van der Waals surface area contributed by atoms with Gasteiger partial charge in [0.2, 0.25) is 0 Å². The molecule has 2 aromatic carbocycles. The zero-order chi connectivity index (χ0) is 21.8. The molecular weight excluding hydrogens is 422 g/mol. The molecule has 0 atom stereocenters. The summed E-state index contributed by atoms with van der Waals surface area (Å²) in [5.41, 5.74) is 0.370. The number of quaternary nitrogens is 1. The minimum Gasteiger partial charge on any atom is -0.572 e. The number of sulfonamides is 1. The molecule has 0 saturated carbocycles. The van der Waals surface area contributed by atoms with Crippen LogP contribution in [-0.2, 0) is 10.0 Å². The third-order valence-corrected chi connectivity index (χ3v) is 7.18. The summed E-state index contributed by atoms with van der Waals surface area (Å²) in [6.07, 6.45) is 3.69. The Kier molecular flexibility index (Phi) is 7.06. The van der Waals surface area contributed by atoms with Gasteiger partial charge in [0.25, 0.3) is 5.91 Å². The zero-order valence-electron chi connectivity index (χ0n) is 17.3. The SMILES string of the molecule is CC(C)(CNC(=O)c1cccc(S(=O)(=O)[N-]c2ccccc2Cl)c1)[NH+]1CCCCC1. The summed E-state index contributed by atoms with van der Waals surface area (Å²) >= 11 is 6.02. The molecule has 2 N–H and O–H groups in total. The molecule has 0 aliphatic carbocycles. The Morgan fingerprint density at radius 3 is 2.50 bits per heavy atom. The van der Waals surface area contributed by atoms with Crippen molar-refractivity contribution in [2.75, 3.05) is 19.6 Å². The first-order valence-electron chi connectivity index (χ1n) is 10.1. The minimum absolute atomic E-state index is 0.0454. The van der Waals surface area contributed by atoms with E-state index in [1.165, 1.54) is 42.4 Å². The maximum absolute atomic E-state index is 12.7. The summed E-state index contributed by atoms with van der Waals surface area (Å²) in [5, 5.41) is 3.22. The van der Waals surface area contributed by atoms with Gasteiger partial charge in [-0.2, -0.15) is 0 Å². The number of nitrogens with zero attached hydrogens (tertiary/aromatic N) is 1. The number of carbonyl (C=O) groups excluding carboxylic acids is 1. The molecule has 1 amide bonds. The number of hydrogen-bond acceptors (Lipinski definition) is 3. The number of carbonyl (C=O) groups is 1. The quantitative estimate of drug-likeness (QED) is 0.680. The van der Waals surface area contributed by atoms with Crippen molar-refractivity contribution in [3.63, 3.8) is 0 Å². The van der Waals surface area contributed by atoms with Crippen LogP contribution in [0.5, 0.6) is 0 Å². The van der Waals surface area contributed by atoms with Crippen molar-refractivity contribution >= 4 is 33.2 Å². The molecule has 1 saturated heterocycles. The summed E-state index contributed by atoms with van der Waals surface area (Å²) < 4.78 is 29.2. The molecule has 0 spiro atoms. The van der Waals surface area contributed by atoms with Gasteiger partial charge < -0.3 is 14.9 Å². The molecule has 0 bridgehead atoms. The van der Waals surface area contributed by atoms with Crippen molar-refractivity contribution in [1.29, 1.82) is 0 Å². The van der Waals surface area contributed by atoms with E-state index < -0.39 is 10.0 Å². The lowest BCUT2D eigenvalue weighted by Crippen LogP contribution is -3.20. The zero-order valence-corrected chi connectivity index (χ0v) is 18.9. The van der Waals surface area contributed by atoms with Crippen LogP contribution in [0, 0.1) is 0 Å². The Balaban J connectivity index is 1.69. The van der Waals surface area contributed by atoms with E-state index in [1.807, 2.05) is 0 Å². The van der Waals surface area contributed by atoms with Gasteiger partial charge >= 0.3 is 0 Å². The van der Waals surface area contributed by atoms with Crippen LogP contribution >= 0.6 is 11.6 Å². The molecule has 0 radical (unpaired) electrons. The van der Waals surface area contributed by atoms with Gasteiger partial charge in [0.1, 0.15) is 15.6 Å². The molecule has 30 heavy (non-hydrogen) atoms. The molecule has 1 heterocycles. The average molecular weight is 450 g/mol. The van der Waals surface area contributed by atoms with Crippen molar-refractivity contribution in [2.24, 2.45) is 0 Å². The lowest BCUT2D eigenvalue weighted by Gasteiger charge is -2.37. The number of hydrogen-bond donors (Lipinski definition) is 2. The number of likely N-dealkylation sites (tertiary alicyclic amines) is 1. The molecule has 8 heteroatoms. The van der Waals surface area contributed by atoms with Gasteiger partial charge in [-0.05, 0) is 57.4 Å². The van der Waals surface area contributed by atoms with Crippen molar-refractivity contribution in [3.05, 3.63) is 63.8 Å². The van der Waals surface area contributed by atoms with Crippen LogP contribution in [0.15, 0.2) is 53.4 Å². The van der Waals surface area contributed by atoms with E-state index in [9.17, 15) is 13.2 Å². The highest BCUT2D eigenvalue weighted by atomic mass is 35.5. The van der Waals surface area contributed by atoms with Gasteiger partial charge in [-0.25, -0.2) is 8.42 Å². The predicted octanol–water partition coefficient (Wildman–Crippen LogP) is 3.31. The van der Waals surface area contributed by atoms with Gasteiger partial charge in [-0.15, -0.1) is 5.69 Å². The fourth-order valence-corrected chi connectivity index (χ4v) is 4.97. The topological polar surface area (TPSA) is 81.8 Å². The van der Waals surface area contributed by atoms with Crippen LogP contribution < -0.4 is 10.2 Å². The second-order valence-electron chi connectivity index (χ2n) is 8.28. The van der Waals surface area contributed by atoms with Crippen LogP contribution in [0.3, 0.4) is 0 Å². The first kappa shape index (κ1) is 22.6. The van der Waals surface area contributed by atoms with E-state index in [0.29, 0.717) is 6.54 Å². The van der Waals surface area contributed by atoms with Crippen LogP contribution in [0.25, 0.3) is 4.72 Å². The Morgan fingerprint density at radius 1 is 1.10 bits per heavy atom. The Bertz CT molecular complexity index is 1000. The molecular formula is C22H28ClN3O3S. The van der Waals surface area contributed by atoms with E-state index in [4.69, 9.17) is 11.6 Å². The first-order valence-corrected chi connectivity index (χ1v) is 12.0. The molecule has 6 nitrogen and oxygen atoms in total. The summed E-state index contributed by atoms with van der Waals surface area (Å²) in [6.45, 7) is 7.04. The summed E-state index contributed by atoms with van der Waals surface area (Å²) in [4.78, 5) is 14.1. The van der Waals surface area contributed by atoms with Crippen molar-refractivity contribution in [3.8, 4) is 0 Å². The van der Waals surface area contributed by atoms with E-state index in [-0.39, 0.29) is 32.6 Å². The smallest absolute Gasteiger partial charge is 0.251 e. The van der Waals surface area contributed by atoms with E-state index in [2.05, 4.69) is 23.9 Å². The summed E-state index contributed by atoms with van der Waals surface area (Å²) in [5.74, 6) is -0.297. The molecule has 3 rings (SSSR count). The molecule has 2 aromatic rings. The van der Waals surface area contributed by atoms with Crippen molar-refractivity contribution < 1.29 is 18.1 Å². The highest BCUT2D eigenvalue weighted by Gasteiger charge is 2.32. The predicted molar refractivity (Wildman–Crippen MR) is 119 cm³/mol. The number of piperidine rings is 1. The van der Waals surface area contributed by atoms with Gasteiger partial charge in [0.05, 0.1) is 24.5 Å². The monoisotopic (exact) mass is 449 g/mol. The number of rotatable bonds is 7. The van der Waals surface area contributed by atoms with Crippen LogP contribution in [0.2, 0.25) is 5.02 Å². The van der Waals surface area contributed by atoms with Gasteiger partial charge in [-0.3, -0.25) is 4.79 Å². The van der Waals surface area contributed by atoms with Gasteiger partial charge in [-0.1, -0.05) is 35.9 Å². The van der Waals surface area contributed by atoms with Crippen molar-refractivity contribution in [2.45, 2.75) is 43.5 Å². The van der Waals surface area contributed by atoms with Gasteiger partial charge in [0, 0.05) is 10.6 Å². The maximum atomic E-state index is 12.7. The highest BCUT2D eigenvalue weighted by Crippen LogP contribution is 2.33. The van der Waals surface area contributed by atoms with Gasteiger partial charge in [0.15, 0.2) is 0 Å². The second-order valence-corrected chi connectivity index (χ2v) is 10.3. The maximum Gasteiger partial charge on any atom is 0.251 e. The molecule has 1 aliphatic heterocycles. The van der Waals surface area contributed by atoms with Crippen LogP contribution in [-0.4, -0.2) is 39.5 Å². The standard InChI is InChI=1S/C22H27ClN3O3S/c1-22(2,26-13-6-3-7-14-26)16-24-21(27)17-9-8-10-18(15-17)30(28,29)25-20-12-5-4-11-19(20)23/h4-5,8-12,15H,3,6-7,13-14,16H2,1-2H3,(H,24,27)/q-1/p+1. The Hall–Kier alpha value is -2.09. The third-order valence-electron chi connectivity index (χ3n) is 5.57. The Labute approximate surface area is 183 Å². The highest BCUT2D eigenvalue weighted by molar-refractivity contribution is 7.94. The number of nitrogens with one attached hydrogen (secondary N) is 2. The third kappa shape index (κ3) is 5.53.